The fourth-order valence-electron chi connectivity index (χ4n) is 3.88. The normalized spacial score (nSPS) is 31.5. The number of nitrogens with zero attached hydrogens (tertiary/aromatic N) is 1. The lowest BCUT2D eigenvalue weighted by atomic mass is 9.63. The maximum absolute atomic E-state index is 2.45. The van der Waals surface area contributed by atoms with E-state index in [2.05, 4.69) is 44.0 Å². The Hall–Kier alpha value is -0.980. The lowest BCUT2D eigenvalue weighted by Crippen LogP contribution is -2.41. The molecule has 1 nitrogen and oxygen atoms in total. The summed E-state index contributed by atoms with van der Waals surface area (Å²) in [6.45, 7) is 5.85. The molecule has 0 amide bonds. The second-order valence-corrected chi connectivity index (χ2v) is 6.66. The first-order chi connectivity index (χ1) is 8.61. The average Bonchev–Trinajstić information content (AvgIpc) is 2.37. The molecule has 0 radical (unpaired) electrons. The summed E-state index contributed by atoms with van der Waals surface area (Å²) < 4.78 is 0. The summed E-state index contributed by atoms with van der Waals surface area (Å²) in [4.78, 5) is 2.45. The molecule has 1 aliphatic carbocycles. The third-order valence-electron chi connectivity index (χ3n) is 5.29. The minimum Gasteiger partial charge on any atom is -0.374 e. The van der Waals surface area contributed by atoms with Crippen molar-refractivity contribution in [1.82, 2.24) is 0 Å². The number of hydrogen-bond donors (Lipinski definition) is 0. The molecule has 0 bridgehead atoms. The van der Waals surface area contributed by atoms with Crippen LogP contribution in [-0.4, -0.2) is 13.6 Å². The summed E-state index contributed by atoms with van der Waals surface area (Å²) in [5, 5.41) is 0. The Bertz CT molecular complexity index is 441. The molecule has 1 spiro atoms. The average molecular weight is 243 g/mol. The van der Waals surface area contributed by atoms with E-state index in [4.69, 9.17) is 0 Å². The van der Waals surface area contributed by atoms with E-state index in [9.17, 15) is 0 Å². The van der Waals surface area contributed by atoms with Crippen molar-refractivity contribution in [2.45, 2.75) is 51.4 Å². The van der Waals surface area contributed by atoms with Crippen molar-refractivity contribution in [1.29, 1.82) is 0 Å². The third-order valence-corrected chi connectivity index (χ3v) is 5.29. The molecule has 3 rings (SSSR count). The topological polar surface area (TPSA) is 3.24 Å². The molecule has 0 unspecified atom stereocenters. The van der Waals surface area contributed by atoms with Gasteiger partial charge in [0.15, 0.2) is 0 Å². The van der Waals surface area contributed by atoms with E-state index >= 15 is 0 Å². The zero-order valence-electron chi connectivity index (χ0n) is 12.0. The van der Waals surface area contributed by atoms with Crippen LogP contribution in [-0.2, 0) is 5.41 Å². The number of fused-ring (bicyclic) bond motifs is 2. The van der Waals surface area contributed by atoms with Crippen LogP contribution >= 0.6 is 0 Å². The van der Waals surface area contributed by atoms with Crippen molar-refractivity contribution < 1.29 is 0 Å². The molecule has 0 N–H and O–H groups in total. The number of aryl methyl sites for hydroxylation is 1. The lowest BCUT2D eigenvalue weighted by molar-refractivity contribution is 0.224. The van der Waals surface area contributed by atoms with Crippen LogP contribution in [0.5, 0.6) is 0 Å². The summed E-state index contributed by atoms with van der Waals surface area (Å²) >= 11 is 0. The van der Waals surface area contributed by atoms with Gasteiger partial charge in [0.1, 0.15) is 0 Å². The number of benzene rings is 1. The minimum absolute atomic E-state index is 0.502. The van der Waals surface area contributed by atoms with Gasteiger partial charge in [-0.25, -0.2) is 0 Å². The molecule has 1 aromatic rings. The van der Waals surface area contributed by atoms with E-state index in [1.54, 1.807) is 5.56 Å². The van der Waals surface area contributed by atoms with Crippen molar-refractivity contribution in [3.05, 3.63) is 29.3 Å². The summed E-state index contributed by atoms with van der Waals surface area (Å²) in [6, 6.07) is 7.10. The van der Waals surface area contributed by atoms with E-state index in [0.29, 0.717) is 5.41 Å². The van der Waals surface area contributed by atoms with Crippen LogP contribution in [0.25, 0.3) is 0 Å². The van der Waals surface area contributed by atoms with Crippen LogP contribution in [0, 0.1) is 12.8 Å². The quantitative estimate of drug-likeness (QED) is 0.657. The molecular formula is C17H25N. The Morgan fingerprint density at radius 3 is 2.61 bits per heavy atom. The number of hydrogen-bond acceptors (Lipinski definition) is 1. The van der Waals surface area contributed by atoms with Crippen LogP contribution < -0.4 is 4.90 Å². The van der Waals surface area contributed by atoms with Crippen molar-refractivity contribution >= 4 is 5.69 Å². The van der Waals surface area contributed by atoms with Crippen LogP contribution in [0.1, 0.15) is 50.2 Å². The van der Waals surface area contributed by atoms with Crippen LogP contribution in [0.4, 0.5) is 5.69 Å². The highest BCUT2D eigenvalue weighted by molar-refractivity contribution is 5.60. The molecule has 1 aromatic carbocycles. The van der Waals surface area contributed by atoms with Gasteiger partial charge in [0.05, 0.1) is 0 Å². The van der Waals surface area contributed by atoms with Gasteiger partial charge in [-0.3, -0.25) is 0 Å². The molecule has 1 saturated carbocycles. The molecule has 1 heterocycles. The molecule has 1 fully saturated rings. The summed E-state index contributed by atoms with van der Waals surface area (Å²) in [6.07, 6.45) is 6.98. The highest BCUT2D eigenvalue weighted by atomic mass is 15.1. The smallest absolute Gasteiger partial charge is 0.0404 e. The van der Waals surface area contributed by atoms with Crippen molar-refractivity contribution in [3.63, 3.8) is 0 Å². The zero-order valence-corrected chi connectivity index (χ0v) is 12.0. The Balaban J connectivity index is 2.02. The Kier molecular flexibility index (Phi) is 2.88. The minimum atomic E-state index is 0.502. The first-order valence-corrected chi connectivity index (χ1v) is 7.43. The van der Waals surface area contributed by atoms with Crippen LogP contribution in [0.3, 0.4) is 0 Å². The predicted octanol–water partition coefficient (Wildman–Crippen LogP) is 4.28. The van der Waals surface area contributed by atoms with Crippen LogP contribution in [0.2, 0.25) is 0 Å². The van der Waals surface area contributed by atoms with E-state index in [-0.39, 0.29) is 0 Å². The maximum Gasteiger partial charge on any atom is 0.0404 e. The molecule has 18 heavy (non-hydrogen) atoms. The van der Waals surface area contributed by atoms with Gasteiger partial charge in [0, 0.05) is 19.3 Å². The maximum atomic E-state index is 2.45. The molecule has 2 aliphatic rings. The molecule has 1 heteroatoms. The summed E-state index contributed by atoms with van der Waals surface area (Å²) in [7, 11) is 2.25. The van der Waals surface area contributed by atoms with Gasteiger partial charge in [-0.1, -0.05) is 19.1 Å². The van der Waals surface area contributed by atoms with Gasteiger partial charge in [0.2, 0.25) is 0 Å². The Morgan fingerprint density at radius 1 is 1.17 bits per heavy atom. The second kappa shape index (κ2) is 4.29. The first kappa shape index (κ1) is 12.1. The molecule has 0 saturated heterocycles. The largest absolute Gasteiger partial charge is 0.374 e. The number of anilines is 1. The molecular weight excluding hydrogens is 218 g/mol. The zero-order chi connectivity index (χ0) is 12.8. The first-order valence-electron chi connectivity index (χ1n) is 7.43. The highest BCUT2D eigenvalue weighted by Crippen LogP contribution is 2.49. The molecule has 0 atom stereocenters. The standard InChI is InChI=1S/C17H25N/c1-13-6-8-17(9-7-13)10-11-18(3)16-12-14(2)4-5-15(16)17/h4-5,12-13H,6-11H2,1-3H3. The summed E-state index contributed by atoms with van der Waals surface area (Å²) in [5.74, 6) is 0.934. The highest BCUT2D eigenvalue weighted by Gasteiger charge is 2.40. The van der Waals surface area contributed by atoms with E-state index in [1.165, 1.54) is 49.9 Å². The van der Waals surface area contributed by atoms with Gasteiger partial charge in [-0.15, -0.1) is 0 Å². The van der Waals surface area contributed by atoms with Crippen molar-refractivity contribution in [2.75, 3.05) is 18.5 Å². The van der Waals surface area contributed by atoms with Crippen molar-refractivity contribution in [3.8, 4) is 0 Å². The monoisotopic (exact) mass is 243 g/mol. The second-order valence-electron chi connectivity index (χ2n) is 6.66. The Morgan fingerprint density at radius 2 is 1.89 bits per heavy atom. The fraction of sp³-hybridized carbons (Fsp3) is 0.647. The fourth-order valence-corrected chi connectivity index (χ4v) is 3.88. The third kappa shape index (κ3) is 1.84. The van der Waals surface area contributed by atoms with Crippen molar-refractivity contribution in [2.24, 2.45) is 5.92 Å². The molecule has 1 aliphatic heterocycles. The number of rotatable bonds is 0. The lowest BCUT2D eigenvalue weighted by Gasteiger charge is -2.46. The van der Waals surface area contributed by atoms with Gasteiger partial charge < -0.3 is 4.90 Å². The van der Waals surface area contributed by atoms with Gasteiger partial charge in [0.25, 0.3) is 0 Å². The van der Waals surface area contributed by atoms with Gasteiger partial charge >= 0.3 is 0 Å². The van der Waals surface area contributed by atoms with Crippen LogP contribution in [0.15, 0.2) is 18.2 Å². The van der Waals surface area contributed by atoms with E-state index < -0.39 is 0 Å². The van der Waals surface area contributed by atoms with E-state index in [0.717, 1.165) is 5.92 Å². The predicted molar refractivity (Wildman–Crippen MR) is 78.4 cm³/mol. The SMILES string of the molecule is Cc1ccc2c(c1)N(C)CCC21CCC(C)CC1. The van der Waals surface area contributed by atoms with E-state index in [1.807, 2.05) is 0 Å². The Labute approximate surface area is 111 Å². The summed E-state index contributed by atoms with van der Waals surface area (Å²) in [5.41, 5.74) is 5.02. The van der Waals surface area contributed by atoms with Gasteiger partial charge in [-0.2, -0.15) is 0 Å². The molecule has 0 aromatic heterocycles. The van der Waals surface area contributed by atoms with Gasteiger partial charge in [-0.05, 0) is 67.6 Å². The molecule has 98 valence electrons.